The van der Waals surface area contributed by atoms with E-state index in [1.54, 1.807) is 12.1 Å². The number of amides is 2. The van der Waals surface area contributed by atoms with Gasteiger partial charge in [-0.05, 0) is 78.4 Å². The number of rotatable bonds is 12. The van der Waals surface area contributed by atoms with Gasteiger partial charge in [-0.15, -0.1) is 0 Å². The highest BCUT2D eigenvalue weighted by molar-refractivity contribution is 9.11. The van der Waals surface area contributed by atoms with Gasteiger partial charge in [0.1, 0.15) is 36.8 Å². The van der Waals surface area contributed by atoms with Crippen molar-refractivity contribution in [1.29, 1.82) is 0 Å². The predicted molar refractivity (Wildman–Crippen MR) is 192 cm³/mol. The van der Waals surface area contributed by atoms with E-state index >= 15 is 0 Å². The first-order chi connectivity index (χ1) is 24.6. The van der Waals surface area contributed by atoms with Gasteiger partial charge in [0, 0.05) is 24.0 Å². The Kier molecular flexibility index (Phi) is 12.9. The predicted octanol–water partition coefficient (Wildman–Crippen LogP) is 6.63. The summed E-state index contributed by atoms with van der Waals surface area (Å²) in [6, 6.07) is 23.3. The van der Waals surface area contributed by atoms with Crippen LogP contribution in [-0.2, 0) is 54.6 Å². The molecule has 0 saturated carbocycles. The van der Waals surface area contributed by atoms with E-state index in [1.807, 2.05) is 72.8 Å². The van der Waals surface area contributed by atoms with Crippen LogP contribution in [0.5, 0.6) is 11.5 Å². The first kappa shape index (κ1) is 37.2. The van der Waals surface area contributed by atoms with E-state index in [4.69, 9.17) is 28.4 Å². The highest BCUT2D eigenvalue weighted by atomic mass is 79.9. The third-order valence-electron chi connectivity index (χ3n) is 7.76. The topological polar surface area (TPSA) is 148 Å². The van der Waals surface area contributed by atoms with Crippen molar-refractivity contribution in [2.75, 3.05) is 21.0 Å². The summed E-state index contributed by atoms with van der Waals surface area (Å²) in [6.45, 7) is -0.0515. The highest BCUT2D eigenvalue weighted by Gasteiger charge is 2.28. The standard InChI is InChI=1S/C37H34Br2N2O10/c1-46-34(42)30(40-36(44)48-19-22-9-5-3-6-10-22)17-24-13-26-27-14-25(16-29(39)33(27)51-21-50-32(26)28(38)15-24)18-31(35(43)47-2)41-37(45)49-20-23-11-7-4-8-12-23/h3-16,30-31H,17-21H2,1-2H3,(H,40,44)(H,41,45)/t30-,31-/m0/s1. The van der Waals surface area contributed by atoms with Crippen molar-refractivity contribution >= 4 is 56.0 Å². The van der Waals surface area contributed by atoms with Crippen LogP contribution < -0.4 is 20.1 Å². The van der Waals surface area contributed by atoms with Crippen molar-refractivity contribution in [2.24, 2.45) is 0 Å². The monoisotopic (exact) mass is 824 g/mol. The number of nitrogens with one attached hydrogen (secondary N) is 2. The van der Waals surface area contributed by atoms with Gasteiger partial charge in [0.05, 0.1) is 23.2 Å². The molecule has 1 heterocycles. The maximum Gasteiger partial charge on any atom is 0.408 e. The minimum absolute atomic E-state index is 0.0253. The van der Waals surface area contributed by atoms with Gasteiger partial charge in [0.25, 0.3) is 0 Å². The maximum atomic E-state index is 12.8. The Morgan fingerprint density at radius 3 is 1.39 bits per heavy atom. The molecule has 0 aromatic heterocycles. The fourth-order valence-corrected chi connectivity index (χ4v) is 6.58. The molecule has 4 aromatic rings. The normalized spacial score (nSPS) is 12.6. The van der Waals surface area contributed by atoms with Crippen molar-refractivity contribution in [3.05, 3.63) is 116 Å². The number of alkyl carbamates (subject to hydrolysis) is 2. The van der Waals surface area contributed by atoms with Crippen molar-refractivity contribution in [2.45, 2.75) is 38.1 Å². The Balaban J connectivity index is 1.38. The van der Waals surface area contributed by atoms with Crippen LogP contribution in [0.25, 0.3) is 11.1 Å². The van der Waals surface area contributed by atoms with Crippen molar-refractivity contribution in [3.63, 3.8) is 0 Å². The van der Waals surface area contributed by atoms with Gasteiger partial charge in [-0.1, -0.05) is 60.7 Å². The average Bonchev–Trinajstić information content (AvgIpc) is 3.33. The summed E-state index contributed by atoms with van der Waals surface area (Å²) in [7, 11) is 2.47. The molecule has 266 valence electrons. The van der Waals surface area contributed by atoms with Gasteiger partial charge in [-0.2, -0.15) is 0 Å². The van der Waals surface area contributed by atoms with Crippen LogP contribution in [0.3, 0.4) is 0 Å². The number of carbonyl (C=O) groups excluding carboxylic acids is 4. The van der Waals surface area contributed by atoms with Crippen molar-refractivity contribution in [3.8, 4) is 22.6 Å². The van der Waals surface area contributed by atoms with Crippen LogP contribution in [0.15, 0.2) is 93.9 Å². The van der Waals surface area contributed by atoms with E-state index in [9.17, 15) is 19.2 Å². The number of methoxy groups -OCH3 is 2. The third kappa shape index (κ3) is 10.0. The summed E-state index contributed by atoms with van der Waals surface area (Å²) in [5, 5.41) is 5.21. The zero-order valence-corrected chi connectivity index (χ0v) is 30.8. The van der Waals surface area contributed by atoms with Crippen LogP contribution in [0.4, 0.5) is 9.59 Å². The molecule has 2 atom stereocenters. The molecule has 0 saturated heterocycles. The van der Waals surface area contributed by atoms with Gasteiger partial charge in [-0.3, -0.25) is 0 Å². The average molecular weight is 826 g/mol. The lowest BCUT2D eigenvalue weighted by Gasteiger charge is -2.19. The molecule has 5 rings (SSSR count). The smallest absolute Gasteiger partial charge is 0.408 e. The molecule has 0 spiro atoms. The Bertz CT molecular complexity index is 1740. The molecule has 1 aliphatic heterocycles. The summed E-state index contributed by atoms with van der Waals surface area (Å²) in [6.07, 6.45) is -1.46. The molecular formula is C37H34Br2N2O10. The zero-order chi connectivity index (χ0) is 36.3. The highest BCUT2D eigenvalue weighted by Crippen LogP contribution is 2.47. The first-order valence-corrected chi connectivity index (χ1v) is 17.2. The summed E-state index contributed by atoms with van der Waals surface area (Å²) in [5.41, 5.74) is 4.09. The number of carbonyl (C=O) groups is 4. The van der Waals surface area contributed by atoms with Crippen molar-refractivity contribution in [1.82, 2.24) is 10.6 Å². The minimum atomic E-state index is -1.07. The Morgan fingerprint density at radius 1 is 0.627 bits per heavy atom. The number of esters is 2. The maximum absolute atomic E-state index is 12.8. The van der Waals surface area contributed by atoms with Gasteiger partial charge in [0.2, 0.25) is 6.79 Å². The van der Waals surface area contributed by atoms with Crippen LogP contribution in [-0.4, -0.2) is 57.2 Å². The van der Waals surface area contributed by atoms with E-state index in [0.29, 0.717) is 42.7 Å². The largest absolute Gasteiger partial charge is 0.467 e. The quantitative estimate of drug-likeness (QED) is 0.118. The van der Waals surface area contributed by atoms with Crippen molar-refractivity contribution < 1.29 is 47.6 Å². The SMILES string of the molecule is COC(=O)[C@H](Cc1cc(Br)c2c(c1)-c1cc(C[C@H](NC(=O)OCc3ccccc3)C(=O)OC)cc(Br)c1OCO2)NC(=O)OCc1ccccc1. The van der Waals surface area contributed by atoms with Gasteiger partial charge >= 0.3 is 24.1 Å². The molecule has 51 heavy (non-hydrogen) atoms. The number of benzene rings is 4. The van der Waals surface area contributed by atoms with Gasteiger partial charge < -0.3 is 39.1 Å². The molecule has 14 heteroatoms. The molecule has 0 bridgehead atoms. The van der Waals surface area contributed by atoms with E-state index in [1.165, 1.54) is 14.2 Å². The van der Waals surface area contributed by atoms with E-state index < -0.39 is 36.2 Å². The molecule has 0 aliphatic carbocycles. The summed E-state index contributed by atoms with van der Waals surface area (Å²) in [5.74, 6) is -0.380. The molecular weight excluding hydrogens is 792 g/mol. The summed E-state index contributed by atoms with van der Waals surface area (Å²) >= 11 is 7.17. The summed E-state index contributed by atoms with van der Waals surface area (Å²) in [4.78, 5) is 50.9. The molecule has 1 aliphatic rings. The Morgan fingerprint density at radius 2 is 1.02 bits per heavy atom. The number of ether oxygens (including phenoxy) is 6. The summed E-state index contributed by atoms with van der Waals surface area (Å²) < 4.78 is 33.7. The third-order valence-corrected chi connectivity index (χ3v) is 8.94. The van der Waals surface area contributed by atoms with E-state index in [0.717, 1.165) is 11.1 Å². The van der Waals surface area contributed by atoms with E-state index in [2.05, 4.69) is 42.5 Å². The fourth-order valence-electron chi connectivity index (χ4n) is 5.33. The molecule has 0 radical (unpaired) electrons. The Labute approximate surface area is 311 Å². The minimum Gasteiger partial charge on any atom is -0.467 e. The molecule has 12 nitrogen and oxygen atoms in total. The second kappa shape index (κ2) is 17.7. The van der Waals surface area contributed by atoms with Gasteiger partial charge in [0.15, 0.2) is 0 Å². The molecule has 4 aromatic carbocycles. The lowest BCUT2D eigenvalue weighted by Crippen LogP contribution is -2.43. The van der Waals surface area contributed by atoms with Crippen LogP contribution in [0, 0.1) is 0 Å². The van der Waals surface area contributed by atoms with Crippen LogP contribution in [0.2, 0.25) is 0 Å². The van der Waals surface area contributed by atoms with Crippen LogP contribution >= 0.6 is 31.9 Å². The molecule has 2 N–H and O–H groups in total. The molecule has 0 unspecified atom stereocenters. The molecule has 0 fully saturated rings. The second-order valence-corrected chi connectivity index (χ2v) is 13.0. The van der Waals surface area contributed by atoms with Gasteiger partial charge in [-0.25, -0.2) is 19.2 Å². The zero-order valence-electron chi connectivity index (χ0n) is 27.6. The lowest BCUT2D eigenvalue weighted by atomic mass is 9.95. The second-order valence-electron chi connectivity index (χ2n) is 11.3. The Hall–Kier alpha value is -5.08. The fraction of sp³-hybridized carbons (Fsp3) is 0.243. The lowest BCUT2D eigenvalue weighted by molar-refractivity contribution is -0.143. The number of halogens is 2. The molecule has 2 amide bonds. The number of hydrogen-bond acceptors (Lipinski definition) is 10. The number of fused-ring (bicyclic) bond motifs is 3. The number of hydrogen-bond donors (Lipinski definition) is 2. The first-order valence-electron chi connectivity index (χ1n) is 15.7. The van der Waals surface area contributed by atoms with Crippen LogP contribution in [0.1, 0.15) is 22.3 Å². The van der Waals surface area contributed by atoms with E-state index in [-0.39, 0.29) is 32.8 Å².